The van der Waals surface area contributed by atoms with Crippen LogP contribution in [0, 0.1) is 0 Å². The van der Waals surface area contributed by atoms with Gasteiger partial charge in [-0.3, -0.25) is 14.5 Å². The SMILES string of the molecule is CCOC(=O)c1cc(-c2ccccc2)cc(CN2C(=O)C3=C(CC=CC=C3)C2=O)n1. The van der Waals surface area contributed by atoms with Gasteiger partial charge in [0.05, 0.1) is 18.8 Å². The quantitative estimate of drug-likeness (QED) is 0.566. The number of carbonyl (C=O) groups excluding carboxylic acids is 3. The number of esters is 1. The van der Waals surface area contributed by atoms with Gasteiger partial charge in [-0.15, -0.1) is 0 Å². The molecule has 2 heterocycles. The molecule has 4 rings (SSSR count). The molecule has 0 saturated carbocycles. The molecule has 2 aromatic rings. The maximum atomic E-state index is 12.8. The minimum absolute atomic E-state index is 0.0186. The van der Waals surface area contributed by atoms with Crippen molar-refractivity contribution in [3.63, 3.8) is 0 Å². The Morgan fingerprint density at radius 2 is 1.87 bits per heavy atom. The number of rotatable bonds is 5. The van der Waals surface area contributed by atoms with Crippen molar-refractivity contribution >= 4 is 17.8 Å². The molecule has 0 radical (unpaired) electrons. The predicted molar refractivity (Wildman–Crippen MR) is 111 cm³/mol. The Morgan fingerprint density at radius 1 is 1.07 bits per heavy atom. The van der Waals surface area contributed by atoms with Gasteiger partial charge in [0.25, 0.3) is 11.8 Å². The lowest BCUT2D eigenvalue weighted by atomic mass is 10.0. The normalized spacial score (nSPS) is 15.4. The number of imide groups is 1. The Labute approximate surface area is 174 Å². The van der Waals surface area contributed by atoms with E-state index in [2.05, 4.69) is 4.98 Å². The Balaban J connectivity index is 1.69. The monoisotopic (exact) mass is 400 g/mol. The molecule has 0 spiro atoms. The molecule has 1 aromatic heterocycles. The minimum atomic E-state index is -0.544. The van der Waals surface area contributed by atoms with Crippen molar-refractivity contribution in [1.29, 1.82) is 0 Å². The van der Waals surface area contributed by atoms with E-state index in [9.17, 15) is 14.4 Å². The second kappa shape index (κ2) is 8.29. The van der Waals surface area contributed by atoms with Crippen molar-refractivity contribution in [2.75, 3.05) is 6.61 Å². The highest BCUT2D eigenvalue weighted by atomic mass is 16.5. The van der Waals surface area contributed by atoms with Crippen molar-refractivity contribution in [2.45, 2.75) is 19.9 Å². The summed E-state index contributed by atoms with van der Waals surface area (Å²) in [5.74, 6) is -1.21. The third-order valence-electron chi connectivity index (χ3n) is 4.93. The van der Waals surface area contributed by atoms with E-state index in [0.717, 1.165) is 11.1 Å². The summed E-state index contributed by atoms with van der Waals surface area (Å²) in [6, 6.07) is 13.0. The fourth-order valence-electron chi connectivity index (χ4n) is 3.51. The summed E-state index contributed by atoms with van der Waals surface area (Å²) in [7, 11) is 0. The molecule has 30 heavy (non-hydrogen) atoms. The van der Waals surface area contributed by atoms with Crippen LogP contribution in [0.2, 0.25) is 0 Å². The Bertz CT molecular complexity index is 1110. The minimum Gasteiger partial charge on any atom is -0.461 e. The summed E-state index contributed by atoms with van der Waals surface area (Å²) in [6.45, 7) is 1.93. The van der Waals surface area contributed by atoms with Gasteiger partial charge < -0.3 is 4.74 Å². The summed E-state index contributed by atoms with van der Waals surface area (Å²) in [6.07, 6.45) is 7.50. The molecule has 6 heteroatoms. The van der Waals surface area contributed by atoms with Crippen molar-refractivity contribution in [1.82, 2.24) is 9.88 Å². The van der Waals surface area contributed by atoms with E-state index >= 15 is 0 Å². The van der Waals surface area contributed by atoms with Gasteiger partial charge in [-0.1, -0.05) is 48.6 Å². The number of aromatic nitrogens is 1. The van der Waals surface area contributed by atoms with Crippen LogP contribution in [0.5, 0.6) is 0 Å². The first-order valence-electron chi connectivity index (χ1n) is 9.74. The highest BCUT2D eigenvalue weighted by Gasteiger charge is 2.36. The molecule has 0 unspecified atom stereocenters. The molecule has 1 aliphatic heterocycles. The summed E-state index contributed by atoms with van der Waals surface area (Å²) in [5.41, 5.74) is 3.14. The topological polar surface area (TPSA) is 76.6 Å². The molecular weight excluding hydrogens is 380 g/mol. The van der Waals surface area contributed by atoms with Gasteiger partial charge in [0.2, 0.25) is 0 Å². The molecular formula is C24H20N2O4. The first-order chi connectivity index (χ1) is 14.6. The van der Waals surface area contributed by atoms with Crippen LogP contribution in [0.15, 0.2) is 77.9 Å². The fraction of sp³-hybridized carbons (Fsp3) is 0.167. The second-order valence-electron chi connectivity index (χ2n) is 6.90. The lowest BCUT2D eigenvalue weighted by molar-refractivity contribution is -0.138. The van der Waals surface area contributed by atoms with Crippen molar-refractivity contribution in [3.05, 3.63) is 89.3 Å². The molecule has 0 fully saturated rings. The maximum Gasteiger partial charge on any atom is 0.356 e. The lowest BCUT2D eigenvalue weighted by Gasteiger charge is -2.16. The number of pyridine rings is 1. The van der Waals surface area contributed by atoms with Crippen LogP contribution < -0.4 is 0 Å². The van der Waals surface area contributed by atoms with Crippen LogP contribution in [0.4, 0.5) is 0 Å². The average Bonchev–Trinajstić information content (AvgIpc) is 2.94. The van der Waals surface area contributed by atoms with E-state index in [4.69, 9.17) is 4.74 Å². The molecule has 0 bridgehead atoms. The first-order valence-corrected chi connectivity index (χ1v) is 9.74. The highest BCUT2D eigenvalue weighted by molar-refractivity contribution is 6.20. The van der Waals surface area contributed by atoms with E-state index in [1.54, 1.807) is 31.2 Å². The Kier molecular flexibility index (Phi) is 5.39. The Morgan fingerprint density at radius 3 is 2.63 bits per heavy atom. The van der Waals surface area contributed by atoms with Crippen LogP contribution in [-0.4, -0.2) is 34.3 Å². The number of ether oxygens (including phenoxy) is 1. The molecule has 2 amide bonds. The molecule has 1 aromatic carbocycles. The number of hydrogen-bond donors (Lipinski definition) is 0. The number of nitrogens with zero attached hydrogens (tertiary/aromatic N) is 2. The van der Waals surface area contributed by atoms with Gasteiger partial charge in [-0.05, 0) is 42.7 Å². The summed E-state index contributed by atoms with van der Waals surface area (Å²) < 4.78 is 5.10. The standard InChI is InChI=1S/C24H20N2O4/c1-2-30-24(29)21-14-17(16-9-5-3-6-10-16)13-18(25-21)15-26-22(27)19-11-7-4-8-12-20(19)23(26)28/h3-11,13-14H,2,12,15H2,1H3. The molecule has 6 nitrogen and oxygen atoms in total. The molecule has 0 N–H and O–H groups in total. The average molecular weight is 400 g/mol. The zero-order chi connectivity index (χ0) is 21.1. The van der Waals surface area contributed by atoms with Gasteiger partial charge in [-0.25, -0.2) is 9.78 Å². The van der Waals surface area contributed by atoms with E-state index in [1.165, 1.54) is 4.90 Å². The van der Waals surface area contributed by atoms with Gasteiger partial charge >= 0.3 is 5.97 Å². The zero-order valence-corrected chi connectivity index (χ0v) is 16.5. The summed E-state index contributed by atoms with van der Waals surface area (Å²) in [5, 5.41) is 0. The highest BCUT2D eigenvalue weighted by Crippen LogP contribution is 2.29. The number of allylic oxidation sites excluding steroid dienone is 3. The number of amides is 2. The van der Waals surface area contributed by atoms with Gasteiger partial charge in [0.15, 0.2) is 0 Å². The van der Waals surface area contributed by atoms with Crippen LogP contribution in [-0.2, 0) is 20.9 Å². The smallest absolute Gasteiger partial charge is 0.356 e. The van der Waals surface area contributed by atoms with Crippen molar-refractivity contribution in [3.8, 4) is 11.1 Å². The second-order valence-corrected chi connectivity index (χ2v) is 6.90. The van der Waals surface area contributed by atoms with E-state index < -0.39 is 5.97 Å². The molecule has 0 atom stereocenters. The van der Waals surface area contributed by atoms with Crippen LogP contribution >= 0.6 is 0 Å². The Hall–Kier alpha value is -3.80. The third kappa shape index (κ3) is 3.72. The van der Waals surface area contributed by atoms with Crippen molar-refractivity contribution < 1.29 is 19.1 Å². The van der Waals surface area contributed by atoms with E-state index in [-0.39, 0.29) is 30.7 Å². The number of benzene rings is 1. The van der Waals surface area contributed by atoms with Crippen LogP contribution in [0.3, 0.4) is 0 Å². The lowest BCUT2D eigenvalue weighted by Crippen LogP contribution is -2.31. The molecule has 150 valence electrons. The number of hydrogen-bond acceptors (Lipinski definition) is 5. The fourth-order valence-corrected chi connectivity index (χ4v) is 3.51. The summed E-state index contributed by atoms with van der Waals surface area (Å²) >= 11 is 0. The molecule has 1 aliphatic carbocycles. The predicted octanol–water partition coefficient (Wildman–Crippen LogP) is 3.61. The largest absolute Gasteiger partial charge is 0.461 e. The third-order valence-corrected chi connectivity index (χ3v) is 4.93. The van der Waals surface area contributed by atoms with Crippen molar-refractivity contribution in [2.24, 2.45) is 0 Å². The first kappa shape index (κ1) is 19.5. The van der Waals surface area contributed by atoms with Crippen LogP contribution in [0.1, 0.15) is 29.5 Å². The van der Waals surface area contributed by atoms with E-state index in [1.807, 2.05) is 42.5 Å². The molecule has 2 aliphatic rings. The molecule has 0 saturated heterocycles. The van der Waals surface area contributed by atoms with Gasteiger partial charge in [0.1, 0.15) is 5.69 Å². The van der Waals surface area contributed by atoms with Gasteiger partial charge in [-0.2, -0.15) is 0 Å². The maximum absolute atomic E-state index is 12.8. The summed E-state index contributed by atoms with van der Waals surface area (Å²) in [4.78, 5) is 43.6. The zero-order valence-electron chi connectivity index (χ0n) is 16.5. The van der Waals surface area contributed by atoms with Crippen LogP contribution in [0.25, 0.3) is 11.1 Å². The number of carbonyl (C=O) groups is 3. The van der Waals surface area contributed by atoms with Gasteiger partial charge in [0, 0.05) is 11.1 Å². The van der Waals surface area contributed by atoms with E-state index in [0.29, 0.717) is 23.3 Å².